The number of amides is 1. The molecule has 1 saturated heterocycles. The highest BCUT2D eigenvalue weighted by Gasteiger charge is 2.33. The highest BCUT2D eigenvalue weighted by atomic mass is 79.9. The summed E-state index contributed by atoms with van der Waals surface area (Å²) >= 11 is 6.86. The fraction of sp³-hybridized carbons (Fsp3) is 0.462. The Balaban J connectivity index is 2.07. The van der Waals surface area contributed by atoms with Crippen LogP contribution in [0.25, 0.3) is 0 Å². The van der Waals surface area contributed by atoms with Crippen molar-refractivity contribution in [3.63, 3.8) is 0 Å². The van der Waals surface area contributed by atoms with E-state index in [2.05, 4.69) is 37.2 Å². The van der Waals surface area contributed by atoms with Gasteiger partial charge in [-0.2, -0.15) is 0 Å². The summed E-state index contributed by atoms with van der Waals surface area (Å²) in [5, 5.41) is 3.89. The molecule has 98 valence electrons. The van der Waals surface area contributed by atoms with Gasteiger partial charge in [0.2, 0.25) is 0 Å². The maximum Gasteiger partial charge on any atom is 0.251 e. The molecule has 0 atom stereocenters. The first kappa shape index (κ1) is 14.0. The molecule has 0 bridgehead atoms. The molecule has 1 amide bonds. The van der Waals surface area contributed by atoms with Crippen molar-refractivity contribution in [3.05, 3.63) is 34.3 Å². The maximum atomic E-state index is 12.2. The molecule has 0 saturated carbocycles. The third-order valence-electron chi connectivity index (χ3n) is 3.19. The van der Waals surface area contributed by atoms with Crippen molar-refractivity contribution in [2.45, 2.75) is 18.4 Å². The van der Waals surface area contributed by atoms with Crippen molar-refractivity contribution in [3.8, 4) is 0 Å². The molecular weight excluding hydrogens is 362 g/mol. The number of rotatable bonds is 3. The van der Waals surface area contributed by atoms with Gasteiger partial charge in [-0.25, -0.2) is 0 Å². The molecule has 0 radical (unpaired) electrons. The van der Waals surface area contributed by atoms with Crippen LogP contribution in [0.4, 0.5) is 0 Å². The molecule has 18 heavy (non-hydrogen) atoms. The maximum absolute atomic E-state index is 12.2. The molecule has 1 aromatic rings. The van der Waals surface area contributed by atoms with Crippen LogP contribution in [-0.2, 0) is 4.74 Å². The summed E-state index contributed by atoms with van der Waals surface area (Å²) in [6, 6.07) is 7.39. The van der Waals surface area contributed by atoms with Gasteiger partial charge >= 0.3 is 0 Å². The van der Waals surface area contributed by atoms with Crippen LogP contribution in [0.15, 0.2) is 28.7 Å². The first-order chi connectivity index (χ1) is 8.65. The van der Waals surface area contributed by atoms with Gasteiger partial charge in [-0.05, 0) is 37.1 Å². The van der Waals surface area contributed by atoms with Crippen molar-refractivity contribution in [1.29, 1.82) is 0 Å². The fourth-order valence-corrected chi connectivity index (χ4v) is 2.93. The average Bonchev–Trinajstić information content (AvgIpc) is 2.40. The van der Waals surface area contributed by atoms with Crippen molar-refractivity contribution in [2.24, 2.45) is 0 Å². The summed E-state index contributed by atoms with van der Waals surface area (Å²) in [4.78, 5) is 12.2. The molecule has 1 heterocycles. The average molecular weight is 377 g/mol. The Morgan fingerprint density at radius 2 is 1.89 bits per heavy atom. The Labute approximate surface area is 124 Å². The molecule has 1 fully saturated rings. The second-order valence-corrected chi connectivity index (χ2v) is 5.96. The number of halogens is 2. The number of hydrogen-bond donors (Lipinski definition) is 1. The van der Waals surface area contributed by atoms with E-state index >= 15 is 0 Å². The number of alkyl halides is 1. The first-order valence-electron chi connectivity index (χ1n) is 5.87. The SMILES string of the molecule is O=C(NC1(CBr)CCOCC1)c1ccc(Br)cc1. The van der Waals surface area contributed by atoms with E-state index in [-0.39, 0.29) is 11.4 Å². The summed E-state index contributed by atoms with van der Waals surface area (Å²) < 4.78 is 6.32. The molecule has 1 aliphatic rings. The molecule has 0 unspecified atom stereocenters. The molecule has 1 N–H and O–H groups in total. The predicted molar refractivity (Wildman–Crippen MR) is 78.2 cm³/mol. The van der Waals surface area contributed by atoms with E-state index in [9.17, 15) is 4.79 Å². The highest BCUT2D eigenvalue weighted by Crippen LogP contribution is 2.23. The molecule has 0 spiro atoms. The van der Waals surface area contributed by atoms with Gasteiger partial charge in [0, 0.05) is 28.6 Å². The lowest BCUT2D eigenvalue weighted by Crippen LogP contribution is -2.53. The van der Waals surface area contributed by atoms with Gasteiger partial charge in [0.25, 0.3) is 5.91 Å². The quantitative estimate of drug-likeness (QED) is 0.823. The second kappa shape index (κ2) is 6.17. The van der Waals surface area contributed by atoms with Crippen molar-refractivity contribution >= 4 is 37.8 Å². The summed E-state index contributed by atoms with van der Waals surface area (Å²) in [5.74, 6) is -0.0242. The lowest BCUT2D eigenvalue weighted by molar-refractivity contribution is 0.0442. The Morgan fingerprint density at radius 3 is 2.44 bits per heavy atom. The molecule has 3 nitrogen and oxygen atoms in total. The molecule has 0 aromatic heterocycles. The fourth-order valence-electron chi connectivity index (χ4n) is 1.97. The number of carbonyl (C=O) groups excluding carboxylic acids is 1. The van der Waals surface area contributed by atoms with Crippen LogP contribution in [0.1, 0.15) is 23.2 Å². The van der Waals surface area contributed by atoms with Crippen LogP contribution in [0.5, 0.6) is 0 Å². The zero-order chi connectivity index (χ0) is 13.0. The smallest absolute Gasteiger partial charge is 0.251 e. The number of benzene rings is 1. The third-order valence-corrected chi connectivity index (χ3v) is 4.79. The number of nitrogens with one attached hydrogen (secondary N) is 1. The molecule has 1 aromatic carbocycles. The van der Waals surface area contributed by atoms with Gasteiger partial charge in [0.05, 0.1) is 5.54 Å². The predicted octanol–water partition coefficient (Wildman–Crippen LogP) is 3.12. The van der Waals surface area contributed by atoms with E-state index in [0.29, 0.717) is 18.8 Å². The van der Waals surface area contributed by atoms with E-state index in [4.69, 9.17) is 4.74 Å². The minimum Gasteiger partial charge on any atom is -0.381 e. The van der Waals surface area contributed by atoms with Crippen LogP contribution in [0.3, 0.4) is 0 Å². The summed E-state index contributed by atoms with van der Waals surface area (Å²) in [7, 11) is 0. The number of carbonyl (C=O) groups is 1. The minimum atomic E-state index is -0.178. The number of ether oxygens (including phenoxy) is 1. The summed E-state index contributed by atoms with van der Waals surface area (Å²) in [6.45, 7) is 1.40. The zero-order valence-corrected chi connectivity index (χ0v) is 13.1. The van der Waals surface area contributed by atoms with Gasteiger partial charge < -0.3 is 10.1 Å². The Morgan fingerprint density at radius 1 is 1.28 bits per heavy atom. The van der Waals surface area contributed by atoms with E-state index in [1.807, 2.05) is 24.3 Å². The lowest BCUT2D eigenvalue weighted by atomic mass is 9.92. The van der Waals surface area contributed by atoms with E-state index in [1.165, 1.54) is 0 Å². The molecular formula is C13H15Br2NO2. The van der Waals surface area contributed by atoms with Crippen LogP contribution in [0.2, 0.25) is 0 Å². The van der Waals surface area contributed by atoms with Gasteiger partial charge in [-0.15, -0.1) is 0 Å². The van der Waals surface area contributed by atoms with E-state index in [0.717, 1.165) is 22.6 Å². The van der Waals surface area contributed by atoms with E-state index in [1.54, 1.807) is 0 Å². The minimum absolute atomic E-state index is 0.0242. The Bertz CT molecular complexity index is 414. The standard InChI is InChI=1S/C13H15Br2NO2/c14-9-13(5-7-18-8-6-13)16-12(17)10-1-3-11(15)4-2-10/h1-4H,5-9H2,(H,16,17). The first-order valence-corrected chi connectivity index (χ1v) is 7.78. The highest BCUT2D eigenvalue weighted by molar-refractivity contribution is 9.10. The van der Waals surface area contributed by atoms with Gasteiger partial charge in [-0.3, -0.25) is 4.79 Å². The third kappa shape index (κ3) is 3.33. The normalized spacial score (nSPS) is 18.3. The number of hydrogen-bond acceptors (Lipinski definition) is 2. The van der Waals surface area contributed by atoms with Gasteiger partial charge in [0.15, 0.2) is 0 Å². The van der Waals surface area contributed by atoms with Crippen molar-refractivity contribution in [1.82, 2.24) is 5.32 Å². The molecule has 1 aliphatic heterocycles. The summed E-state index contributed by atoms with van der Waals surface area (Å²) in [6.07, 6.45) is 1.70. The molecule has 0 aliphatic carbocycles. The topological polar surface area (TPSA) is 38.3 Å². The lowest BCUT2D eigenvalue weighted by Gasteiger charge is -2.36. The van der Waals surface area contributed by atoms with Crippen LogP contribution in [0, 0.1) is 0 Å². The van der Waals surface area contributed by atoms with Crippen LogP contribution < -0.4 is 5.32 Å². The van der Waals surface area contributed by atoms with Crippen molar-refractivity contribution in [2.75, 3.05) is 18.5 Å². The van der Waals surface area contributed by atoms with Crippen LogP contribution in [-0.4, -0.2) is 30.0 Å². The Hall–Kier alpha value is -0.390. The monoisotopic (exact) mass is 375 g/mol. The second-order valence-electron chi connectivity index (χ2n) is 4.49. The van der Waals surface area contributed by atoms with Crippen LogP contribution >= 0.6 is 31.9 Å². The van der Waals surface area contributed by atoms with Gasteiger partial charge in [0.1, 0.15) is 0 Å². The van der Waals surface area contributed by atoms with E-state index < -0.39 is 0 Å². The molecule has 2 rings (SSSR count). The Kier molecular flexibility index (Phi) is 4.81. The van der Waals surface area contributed by atoms with Gasteiger partial charge in [-0.1, -0.05) is 31.9 Å². The molecule has 5 heteroatoms. The zero-order valence-electron chi connectivity index (χ0n) is 9.92. The van der Waals surface area contributed by atoms with Crippen molar-refractivity contribution < 1.29 is 9.53 Å². The largest absolute Gasteiger partial charge is 0.381 e. The summed E-state index contributed by atoms with van der Waals surface area (Å²) in [5.41, 5.74) is 0.507.